The highest BCUT2D eigenvalue weighted by molar-refractivity contribution is 4.66. The maximum atomic E-state index is 5.70. The maximum Gasteiger partial charge on any atom is 0.0624 e. The minimum absolute atomic E-state index is 0.00613. The fraction of sp³-hybridized carbons (Fsp3) is 1.00. The van der Waals surface area contributed by atoms with Gasteiger partial charge in [0, 0.05) is 19.7 Å². The summed E-state index contributed by atoms with van der Waals surface area (Å²) in [5, 5.41) is 3.33. The normalized spacial score (nSPS) is 14.4. The molecule has 14 heavy (non-hydrogen) atoms. The van der Waals surface area contributed by atoms with Crippen LogP contribution in [-0.2, 0) is 9.47 Å². The molecule has 1 atom stereocenters. The quantitative estimate of drug-likeness (QED) is 0.610. The van der Waals surface area contributed by atoms with Gasteiger partial charge in [0.05, 0.1) is 18.8 Å². The molecule has 0 aliphatic carbocycles. The molecule has 0 fully saturated rings. The van der Waals surface area contributed by atoms with Crippen LogP contribution in [0.15, 0.2) is 0 Å². The molecule has 0 saturated carbocycles. The molecule has 0 aromatic carbocycles. The van der Waals surface area contributed by atoms with Gasteiger partial charge < -0.3 is 14.8 Å². The van der Waals surface area contributed by atoms with Crippen molar-refractivity contribution in [3.8, 4) is 0 Å². The Kier molecular flexibility index (Phi) is 7.15. The van der Waals surface area contributed by atoms with Gasteiger partial charge in [0.1, 0.15) is 0 Å². The summed E-state index contributed by atoms with van der Waals surface area (Å²) in [6.07, 6.45) is 1.04. The van der Waals surface area contributed by atoms with Crippen LogP contribution < -0.4 is 5.32 Å². The van der Waals surface area contributed by atoms with Crippen LogP contribution in [0.2, 0.25) is 0 Å². The molecule has 0 radical (unpaired) electrons. The molecule has 3 heteroatoms. The fourth-order valence-electron chi connectivity index (χ4n) is 1.04. The van der Waals surface area contributed by atoms with Crippen molar-refractivity contribution >= 4 is 0 Å². The van der Waals surface area contributed by atoms with Crippen molar-refractivity contribution in [2.45, 2.75) is 45.8 Å². The van der Waals surface area contributed by atoms with E-state index >= 15 is 0 Å². The van der Waals surface area contributed by atoms with Crippen molar-refractivity contribution < 1.29 is 9.47 Å². The zero-order chi connectivity index (χ0) is 11.0. The number of hydrogen-bond acceptors (Lipinski definition) is 3. The molecule has 0 bridgehead atoms. The first-order valence-electron chi connectivity index (χ1n) is 5.38. The lowest BCUT2D eigenvalue weighted by atomic mass is 10.1. The van der Waals surface area contributed by atoms with E-state index in [2.05, 4.69) is 33.0 Å². The van der Waals surface area contributed by atoms with E-state index in [-0.39, 0.29) is 5.60 Å². The van der Waals surface area contributed by atoms with E-state index in [1.165, 1.54) is 0 Å². The molecule has 86 valence electrons. The Morgan fingerprint density at radius 3 is 2.50 bits per heavy atom. The van der Waals surface area contributed by atoms with Crippen LogP contribution in [0.4, 0.5) is 0 Å². The van der Waals surface area contributed by atoms with E-state index < -0.39 is 0 Å². The first kappa shape index (κ1) is 13.9. The molecule has 0 aromatic rings. The fourth-order valence-corrected chi connectivity index (χ4v) is 1.04. The van der Waals surface area contributed by atoms with Crippen LogP contribution >= 0.6 is 0 Å². The zero-order valence-corrected chi connectivity index (χ0v) is 10.2. The van der Waals surface area contributed by atoms with E-state index in [0.29, 0.717) is 6.04 Å². The standard InChI is InChI=1S/C11H25NO2/c1-6-11(3,4)14-8-7-12-10(2)9-13-5/h10,12H,6-9H2,1-5H3. The van der Waals surface area contributed by atoms with Crippen molar-refractivity contribution in [3.63, 3.8) is 0 Å². The van der Waals surface area contributed by atoms with Gasteiger partial charge in [0.15, 0.2) is 0 Å². The molecule has 3 nitrogen and oxygen atoms in total. The second-order valence-corrected chi connectivity index (χ2v) is 4.27. The maximum absolute atomic E-state index is 5.70. The second-order valence-electron chi connectivity index (χ2n) is 4.27. The lowest BCUT2D eigenvalue weighted by Gasteiger charge is -2.24. The summed E-state index contributed by atoms with van der Waals surface area (Å²) in [5.41, 5.74) is 0.00613. The highest BCUT2D eigenvalue weighted by Gasteiger charge is 2.14. The Balaban J connectivity index is 3.37. The number of nitrogens with one attached hydrogen (secondary N) is 1. The molecule has 0 heterocycles. The Labute approximate surface area is 88.2 Å². The van der Waals surface area contributed by atoms with Gasteiger partial charge in [-0.15, -0.1) is 0 Å². The molecule has 0 aliphatic heterocycles. The summed E-state index contributed by atoms with van der Waals surface area (Å²) in [6, 6.07) is 0.397. The predicted octanol–water partition coefficient (Wildman–Crippen LogP) is 1.82. The van der Waals surface area contributed by atoms with Gasteiger partial charge >= 0.3 is 0 Å². The Morgan fingerprint density at radius 2 is 2.00 bits per heavy atom. The van der Waals surface area contributed by atoms with Gasteiger partial charge in [-0.1, -0.05) is 6.92 Å². The minimum Gasteiger partial charge on any atom is -0.383 e. The summed E-state index contributed by atoms with van der Waals surface area (Å²) < 4.78 is 10.7. The Morgan fingerprint density at radius 1 is 1.36 bits per heavy atom. The third-order valence-electron chi connectivity index (χ3n) is 2.36. The van der Waals surface area contributed by atoms with Crippen molar-refractivity contribution in [1.82, 2.24) is 5.32 Å². The molecule has 0 rings (SSSR count). The third-order valence-corrected chi connectivity index (χ3v) is 2.36. The van der Waals surface area contributed by atoms with Gasteiger partial charge in [0.25, 0.3) is 0 Å². The summed E-state index contributed by atoms with van der Waals surface area (Å²) in [7, 11) is 1.72. The molecule has 0 aromatic heterocycles. The highest BCUT2D eigenvalue weighted by atomic mass is 16.5. The first-order valence-corrected chi connectivity index (χ1v) is 5.38. The van der Waals surface area contributed by atoms with Crippen LogP contribution in [0.25, 0.3) is 0 Å². The van der Waals surface area contributed by atoms with E-state index in [1.54, 1.807) is 7.11 Å². The molecule has 1 N–H and O–H groups in total. The number of ether oxygens (including phenoxy) is 2. The average Bonchev–Trinajstić information content (AvgIpc) is 2.13. The largest absolute Gasteiger partial charge is 0.383 e. The molecular formula is C11H25NO2. The van der Waals surface area contributed by atoms with Gasteiger partial charge in [-0.3, -0.25) is 0 Å². The van der Waals surface area contributed by atoms with Gasteiger partial charge in [-0.05, 0) is 27.2 Å². The van der Waals surface area contributed by atoms with Crippen LogP contribution in [0.5, 0.6) is 0 Å². The van der Waals surface area contributed by atoms with Crippen LogP contribution in [0.1, 0.15) is 34.1 Å². The SMILES string of the molecule is CCC(C)(C)OCCNC(C)COC. The monoisotopic (exact) mass is 203 g/mol. The summed E-state index contributed by atoms with van der Waals surface area (Å²) in [5.74, 6) is 0. The second kappa shape index (κ2) is 7.21. The number of rotatable bonds is 8. The molecule has 0 spiro atoms. The molecule has 0 amide bonds. The van der Waals surface area contributed by atoms with Gasteiger partial charge in [-0.25, -0.2) is 0 Å². The van der Waals surface area contributed by atoms with Crippen molar-refractivity contribution in [2.24, 2.45) is 0 Å². The molecule has 0 aliphatic rings. The molecular weight excluding hydrogens is 178 g/mol. The average molecular weight is 203 g/mol. The van der Waals surface area contributed by atoms with Crippen LogP contribution in [0.3, 0.4) is 0 Å². The van der Waals surface area contributed by atoms with Gasteiger partial charge in [-0.2, -0.15) is 0 Å². The molecule has 0 saturated heterocycles. The van der Waals surface area contributed by atoms with E-state index in [4.69, 9.17) is 9.47 Å². The lowest BCUT2D eigenvalue weighted by molar-refractivity contribution is -0.0191. The first-order chi connectivity index (χ1) is 6.52. The minimum atomic E-state index is 0.00613. The molecule has 1 unspecified atom stereocenters. The highest BCUT2D eigenvalue weighted by Crippen LogP contribution is 2.12. The van der Waals surface area contributed by atoms with Crippen molar-refractivity contribution in [3.05, 3.63) is 0 Å². The third kappa shape index (κ3) is 7.30. The summed E-state index contributed by atoms with van der Waals surface area (Å²) >= 11 is 0. The summed E-state index contributed by atoms with van der Waals surface area (Å²) in [4.78, 5) is 0. The van der Waals surface area contributed by atoms with E-state index in [0.717, 1.165) is 26.2 Å². The number of methoxy groups -OCH3 is 1. The Hall–Kier alpha value is -0.120. The zero-order valence-electron chi connectivity index (χ0n) is 10.2. The smallest absolute Gasteiger partial charge is 0.0624 e. The lowest BCUT2D eigenvalue weighted by Crippen LogP contribution is -2.35. The van der Waals surface area contributed by atoms with Crippen LogP contribution in [-0.4, -0.2) is 38.5 Å². The van der Waals surface area contributed by atoms with Crippen molar-refractivity contribution in [2.75, 3.05) is 26.9 Å². The number of hydrogen-bond donors (Lipinski definition) is 1. The topological polar surface area (TPSA) is 30.5 Å². The van der Waals surface area contributed by atoms with Crippen LogP contribution in [0, 0.1) is 0 Å². The van der Waals surface area contributed by atoms with Crippen molar-refractivity contribution in [1.29, 1.82) is 0 Å². The predicted molar refractivity (Wildman–Crippen MR) is 59.7 cm³/mol. The Bertz CT molecular complexity index is 137. The van der Waals surface area contributed by atoms with E-state index in [1.807, 2.05) is 0 Å². The van der Waals surface area contributed by atoms with Gasteiger partial charge in [0.2, 0.25) is 0 Å². The van der Waals surface area contributed by atoms with E-state index in [9.17, 15) is 0 Å². The summed E-state index contributed by atoms with van der Waals surface area (Å²) in [6.45, 7) is 10.9.